The highest BCUT2D eigenvalue weighted by atomic mass is 79.9. The van der Waals surface area contributed by atoms with Crippen LogP contribution in [0.3, 0.4) is 0 Å². The van der Waals surface area contributed by atoms with E-state index < -0.39 is 0 Å². The number of benzene rings is 1. The number of Topliss-reactive ketones (excluding diaryl/α,β-unsaturated/α-hetero) is 1. The zero-order chi connectivity index (χ0) is 16.1. The minimum atomic E-state index is -0.0906. The zero-order valence-electron chi connectivity index (χ0n) is 12.5. The van der Waals surface area contributed by atoms with Gasteiger partial charge in [0.1, 0.15) is 0 Å². The number of alkyl halides is 1. The summed E-state index contributed by atoms with van der Waals surface area (Å²) in [4.78, 5) is 28.5. The predicted octanol–water partition coefficient (Wildman–Crippen LogP) is 3.91. The third kappa shape index (κ3) is 4.48. The molecule has 1 heterocycles. The van der Waals surface area contributed by atoms with E-state index in [2.05, 4.69) is 26.2 Å². The largest absolute Gasteiger partial charge is 0.302 e. The first kappa shape index (κ1) is 16.8. The van der Waals surface area contributed by atoms with Gasteiger partial charge in [0.05, 0.1) is 15.9 Å². The molecule has 116 valence electrons. The van der Waals surface area contributed by atoms with Crippen molar-refractivity contribution in [1.82, 2.24) is 4.98 Å². The fourth-order valence-electron chi connectivity index (χ4n) is 1.96. The Morgan fingerprint density at radius 2 is 1.91 bits per heavy atom. The Morgan fingerprint density at radius 3 is 2.55 bits per heavy atom. The lowest BCUT2D eigenvalue weighted by Crippen LogP contribution is -2.12. The first-order valence-electron chi connectivity index (χ1n) is 6.91. The standard InChI is InChI=1S/C16H17BrN2O2S/c1-10-3-5-12(6-4-10)7-8-14(21)19-16-18-11(2)15(22-16)13(20)9-17/h3-6H,7-9H2,1-2H3,(H,18,19,21). The number of amides is 1. The van der Waals surface area contributed by atoms with Crippen LogP contribution in [0.2, 0.25) is 0 Å². The Hall–Kier alpha value is -1.53. The van der Waals surface area contributed by atoms with Crippen molar-refractivity contribution in [3.8, 4) is 0 Å². The molecule has 0 aliphatic heterocycles. The van der Waals surface area contributed by atoms with Gasteiger partial charge in [-0.15, -0.1) is 0 Å². The highest BCUT2D eigenvalue weighted by Crippen LogP contribution is 2.23. The van der Waals surface area contributed by atoms with Crippen LogP contribution in [-0.2, 0) is 11.2 Å². The molecule has 1 aromatic carbocycles. The highest BCUT2D eigenvalue weighted by Gasteiger charge is 2.15. The third-order valence-corrected chi connectivity index (χ3v) is 4.80. The number of hydrogen-bond acceptors (Lipinski definition) is 4. The normalized spacial score (nSPS) is 10.5. The second-order valence-corrected chi connectivity index (χ2v) is 6.58. The molecule has 0 unspecified atom stereocenters. The number of rotatable bonds is 6. The fraction of sp³-hybridized carbons (Fsp3) is 0.312. The van der Waals surface area contributed by atoms with Gasteiger partial charge in [-0.05, 0) is 25.8 Å². The Morgan fingerprint density at radius 1 is 1.23 bits per heavy atom. The first-order valence-corrected chi connectivity index (χ1v) is 8.85. The summed E-state index contributed by atoms with van der Waals surface area (Å²) in [6.07, 6.45) is 1.08. The van der Waals surface area contributed by atoms with E-state index in [4.69, 9.17) is 0 Å². The molecule has 0 aliphatic rings. The number of nitrogens with one attached hydrogen (secondary N) is 1. The average Bonchev–Trinajstić information content (AvgIpc) is 2.86. The van der Waals surface area contributed by atoms with Crippen molar-refractivity contribution < 1.29 is 9.59 Å². The quantitative estimate of drug-likeness (QED) is 0.610. The SMILES string of the molecule is Cc1ccc(CCC(=O)Nc2nc(C)c(C(=O)CBr)s2)cc1. The first-order chi connectivity index (χ1) is 10.5. The molecule has 0 bridgehead atoms. The Labute approximate surface area is 142 Å². The lowest BCUT2D eigenvalue weighted by atomic mass is 10.1. The Bertz CT molecular complexity index is 680. The van der Waals surface area contributed by atoms with Crippen LogP contribution < -0.4 is 5.32 Å². The number of aromatic nitrogens is 1. The molecule has 2 rings (SSSR count). The van der Waals surface area contributed by atoms with E-state index in [9.17, 15) is 9.59 Å². The van der Waals surface area contributed by atoms with Crippen molar-refractivity contribution in [3.05, 3.63) is 46.0 Å². The van der Waals surface area contributed by atoms with Gasteiger partial charge in [-0.3, -0.25) is 9.59 Å². The van der Waals surface area contributed by atoms with E-state index in [1.54, 1.807) is 6.92 Å². The van der Waals surface area contributed by atoms with Crippen LogP contribution in [0.15, 0.2) is 24.3 Å². The Balaban J connectivity index is 1.92. The number of ketones is 1. The number of aryl methyl sites for hydroxylation is 3. The summed E-state index contributed by atoms with van der Waals surface area (Å²) in [5.74, 6) is -0.109. The average molecular weight is 381 g/mol. The van der Waals surface area contributed by atoms with Crippen LogP contribution in [0.5, 0.6) is 0 Å². The zero-order valence-corrected chi connectivity index (χ0v) is 14.9. The summed E-state index contributed by atoms with van der Waals surface area (Å²) >= 11 is 4.37. The van der Waals surface area contributed by atoms with Crippen LogP contribution in [0, 0.1) is 13.8 Å². The maximum absolute atomic E-state index is 12.0. The van der Waals surface area contributed by atoms with E-state index >= 15 is 0 Å². The molecule has 1 N–H and O–H groups in total. The number of carbonyl (C=O) groups excluding carboxylic acids is 2. The number of hydrogen-bond donors (Lipinski definition) is 1. The molecule has 0 saturated heterocycles. The van der Waals surface area contributed by atoms with E-state index in [1.165, 1.54) is 16.9 Å². The summed E-state index contributed by atoms with van der Waals surface area (Å²) in [5.41, 5.74) is 2.99. The second-order valence-electron chi connectivity index (χ2n) is 5.02. The summed E-state index contributed by atoms with van der Waals surface area (Å²) in [7, 11) is 0. The summed E-state index contributed by atoms with van der Waals surface area (Å²) in [6, 6.07) is 8.14. The van der Waals surface area contributed by atoms with Crippen molar-refractivity contribution in [3.63, 3.8) is 0 Å². The molecule has 2 aromatic rings. The number of carbonyl (C=O) groups is 2. The van der Waals surface area contributed by atoms with Crippen molar-refractivity contribution in [1.29, 1.82) is 0 Å². The van der Waals surface area contributed by atoms with Crippen molar-refractivity contribution in [2.24, 2.45) is 0 Å². The van der Waals surface area contributed by atoms with Gasteiger partial charge >= 0.3 is 0 Å². The minimum Gasteiger partial charge on any atom is -0.302 e. The van der Waals surface area contributed by atoms with E-state index in [0.717, 1.165) is 5.56 Å². The molecule has 6 heteroatoms. The van der Waals surface area contributed by atoms with Gasteiger partial charge in [0.25, 0.3) is 0 Å². The maximum Gasteiger partial charge on any atom is 0.226 e. The lowest BCUT2D eigenvalue weighted by molar-refractivity contribution is -0.116. The van der Waals surface area contributed by atoms with Crippen molar-refractivity contribution >= 4 is 44.1 Å². The van der Waals surface area contributed by atoms with Crippen LogP contribution in [0.25, 0.3) is 0 Å². The molecule has 0 radical (unpaired) electrons. The molecule has 1 amide bonds. The monoisotopic (exact) mass is 380 g/mol. The number of nitrogens with zero attached hydrogens (tertiary/aromatic N) is 1. The van der Waals surface area contributed by atoms with E-state index in [-0.39, 0.29) is 17.0 Å². The van der Waals surface area contributed by atoms with Crippen LogP contribution >= 0.6 is 27.3 Å². The molecule has 0 atom stereocenters. The molecule has 1 aromatic heterocycles. The number of anilines is 1. The van der Waals surface area contributed by atoms with Gasteiger partial charge in [-0.25, -0.2) is 4.98 Å². The van der Waals surface area contributed by atoms with E-state index in [1.807, 2.05) is 31.2 Å². The number of thiazole rings is 1. The maximum atomic E-state index is 12.0. The number of halogens is 1. The lowest BCUT2D eigenvalue weighted by Gasteiger charge is -2.02. The van der Waals surface area contributed by atoms with Gasteiger partial charge in [-0.2, -0.15) is 0 Å². The van der Waals surface area contributed by atoms with E-state index in [0.29, 0.717) is 28.5 Å². The topological polar surface area (TPSA) is 59.1 Å². The Kier molecular flexibility index (Phi) is 5.85. The molecular formula is C16H17BrN2O2S. The molecule has 22 heavy (non-hydrogen) atoms. The highest BCUT2D eigenvalue weighted by molar-refractivity contribution is 9.09. The third-order valence-electron chi connectivity index (χ3n) is 3.18. The van der Waals surface area contributed by atoms with Crippen LogP contribution in [0.1, 0.15) is 32.9 Å². The van der Waals surface area contributed by atoms with Crippen molar-refractivity contribution in [2.45, 2.75) is 26.7 Å². The van der Waals surface area contributed by atoms with Gasteiger partial charge in [0.15, 0.2) is 10.9 Å². The minimum absolute atomic E-state index is 0.0184. The molecule has 4 nitrogen and oxygen atoms in total. The molecule has 0 spiro atoms. The van der Waals surface area contributed by atoms with Gasteiger partial charge in [0, 0.05) is 6.42 Å². The summed E-state index contributed by atoms with van der Waals surface area (Å²) < 4.78 is 0. The molecule has 0 aliphatic carbocycles. The summed E-state index contributed by atoms with van der Waals surface area (Å²) in [5, 5.41) is 3.51. The van der Waals surface area contributed by atoms with Crippen molar-refractivity contribution in [2.75, 3.05) is 10.6 Å². The smallest absolute Gasteiger partial charge is 0.226 e. The van der Waals surface area contributed by atoms with Gasteiger partial charge < -0.3 is 5.32 Å². The second kappa shape index (κ2) is 7.65. The van der Waals surface area contributed by atoms with Gasteiger partial charge in [0.2, 0.25) is 5.91 Å². The summed E-state index contributed by atoms with van der Waals surface area (Å²) in [6.45, 7) is 3.81. The van der Waals surface area contributed by atoms with Crippen LogP contribution in [0.4, 0.5) is 5.13 Å². The molecule has 0 fully saturated rings. The molecular weight excluding hydrogens is 364 g/mol. The van der Waals surface area contributed by atoms with Gasteiger partial charge in [-0.1, -0.05) is 57.1 Å². The fourth-order valence-corrected chi connectivity index (χ4v) is 3.35. The van der Waals surface area contributed by atoms with Crippen LogP contribution in [-0.4, -0.2) is 22.0 Å². The molecule has 0 saturated carbocycles. The predicted molar refractivity (Wildman–Crippen MR) is 93.1 cm³/mol.